The molecule has 0 saturated carbocycles. The van der Waals surface area contributed by atoms with Crippen molar-refractivity contribution in [2.45, 2.75) is 25.5 Å². The Labute approximate surface area is 197 Å². The van der Waals surface area contributed by atoms with E-state index in [4.69, 9.17) is 14.0 Å². The van der Waals surface area contributed by atoms with Crippen molar-refractivity contribution < 1.29 is 18.8 Å². The molecule has 0 N–H and O–H groups in total. The highest BCUT2D eigenvalue weighted by Crippen LogP contribution is 2.30. The maximum Gasteiger partial charge on any atom is 0.232 e. The number of methoxy groups -OCH3 is 1. The van der Waals surface area contributed by atoms with Gasteiger partial charge in [0, 0.05) is 25.1 Å². The molecule has 0 aliphatic carbocycles. The SMILES string of the molecule is COc1cccc(CN2CC(c3nc(-c4ccc(OCc5ccccc5)cc4)no3)CC2=O)c1. The van der Waals surface area contributed by atoms with Crippen LogP contribution in [0.15, 0.2) is 83.4 Å². The molecule has 1 aliphatic rings. The summed E-state index contributed by atoms with van der Waals surface area (Å²) >= 11 is 0. The van der Waals surface area contributed by atoms with Crippen LogP contribution in [-0.2, 0) is 17.9 Å². The molecule has 0 radical (unpaired) electrons. The van der Waals surface area contributed by atoms with E-state index in [1.165, 1.54) is 0 Å². The van der Waals surface area contributed by atoms with Crippen LogP contribution in [0.3, 0.4) is 0 Å². The molecule has 5 rings (SSSR count). The molecule has 3 aromatic carbocycles. The number of carbonyl (C=O) groups excluding carboxylic acids is 1. The zero-order chi connectivity index (χ0) is 23.3. The van der Waals surface area contributed by atoms with Crippen molar-refractivity contribution in [3.63, 3.8) is 0 Å². The number of hydrogen-bond acceptors (Lipinski definition) is 6. The maximum atomic E-state index is 12.6. The molecule has 4 aromatic rings. The molecule has 172 valence electrons. The van der Waals surface area contributed by atoms with E-state index in [-0.39, 0.29) is 11.8 Å². The molecule has 1 aliphatic heterocycles. The highest BCUT2D eigenvalue weighted by atomic mass is 16.5. The molecule has 1 aromatic heterocycles. The molecule has 0 spiro atoms. The molecule has 1 amide bonds. The van der Waals surface area contributed by atoms with Crippen LogP contribution in [0.5, 0.6) is 11.5 Å². The Balaban J connectivity index is 1.21. The smallest absolute Gasteiger partial charge is 0.232 e. The summed E-state index contributed by atoms with van der Waals surface area (Å²) in [6, 6.07) is 25.4. The van der Waals surface area contributed by atoms with Crippen LogP contribution in [0.4, 0.5) is 0 Å². The second kappa shape index (κ2) is 9.79. The third-order valence-corrected chi connectivity index (χ3v) is 5.87. The Hall–Kier alpha value is -4.13. The second-order valence-corrected chi connectivity index (χ2v) is 8.28. The van der Waals surface area contributed by atoms with Gasteiger partial charge in [0.05, 0.1) is 13.0 Å². The van der Waals surface area contributed by atoms with Crippen LogP contribution in [0.1, 0.15) is 29.4 Å². The van der Waals surface area contributed by atoms with Gasteiger partial charge in [0.2, 0.25) is 17.6 Å². The molecular formula is C27H25N3O4. The van der Waals surface area contributed by atoms with Crippen LogP contribution in [0.25, 0.3) is 11.4 Å². The predicted octanol–water partition coefficient (Wildman–Crippen LogP) is 4.84. The lowest BCUT2D eigenvalue weighted by Gasteiger charge is -2.16. The summed E-state index contributed by atoms with van der Waals surface area (Å²) in [7, 11) is 1.63. The number of carbonyl (C=O) groups is 1. The lowest BCUT2D eigenvalue weighted by atomic mass is 10.1. The first-order valence-corrected chi connectivity index (χ1v) is 11.2. The molecule has 2 heterocycles. The van der Waals surface area contributed by atoms with Crippen LogP contribution in [0, 0.1) is 0 Å². The predicted molar refractivity (Wildman–Crippen MR) is 126 cm³/mol. The molecule has 7 nitrogen and oxygen atoms in total. The Morgan fingerprint density at radius 1 is 0.971 bits per heavy atom. The topological polar surface area (TPSA) is 77.7 Å². The summed E-state index contributed by atoms with van der Waals surface area (Å²) < 4.78 is 16.6. The van der Waals surface area contributed by atoms with E-state index < -0.39 is 0 Å². The van der Waals surface area contributed by atoms with E-state index in [2.05, 4.69) is 10.1 Å². The molecule has 1 atom stereocenters. The van der Waals surface area contributed by atoms with E-state index >= 15 is 0 Å². The van der Waals surface area contributed by atoms with Crippen molar-refractivity contribution in [1.29, 1.82) is 0 Å². The van der Waals surface area contributed by atoms with Gasteiger partial charge in [0.15, 0.2) is 0 Å². The quantitative estimate of drug-likeness (QED) is 0.378. The van der Waals surface area contributed by atoms with E-state index in [9.17, 15) is 4.79 Å². The van der Waals surface area contributed by atoms with E-state index in [0.717, 1.165) is 28.2 Å². The number of ether oxygens (including phenoxy) is 2. The summed E-state index contributed by atoms with van der Waals surface area (Å²) in [5.41, 5.74) is 2.97. The molecule has 1 fully saturated rings. The van der Waals surface area contributed by atoms with Gasteiger partial charge in [-0.15, -0.1) is 0 Å². The third kappa shape index (κ3) is 4.93. The van der Waals surface area contributed by atoms with Crippen molar-refractivity contribution in [1.82, 2.24) is 15.0 Å². The molecule has 0 bridgehead atoms. The summed E-state index contributed by atoms with van der Waals surface area (Å²) in [5, 5.41) is 4.14. The number of amides is 1. The van der Waals surface area contributed by atoms with Gasteiger partial charge in [-0.05, 0) is 47.5 Å². The van der Waals surface area contributed by atoms with Crippen molar-refractivity contribution in [3.8, 4) is 22.9 Å². The maximum absolute atomic E-state index is 12.6. The first-order valence-electron chi connectivity index (χ1n) is 11.2. The fourth-order valence-electron chi connectivity index (χ4n) is 4.04. The van der Waals surface area contributed by atoms with E-state index in [0.29, 0.717) is 37.8 Å². The van der Waals surface area contributed by atoms with Crippen molar-refractivity contribution in [2.24, 2.45) is 0 Å². The number of benzene rings is 3. The minimum absolute atomic E-state index is 0.0764. The highest BCUT2D eigenvalue weighted by molar-refractivity contribution is 5.79. The molecule has 1 saturated heterocycles. The van der Waals surface area contributed by atoms with Gasteiger partial charge in [0.1, 0.15) is 18.1 Å². The summed E-state index contributed by atoms with van der Waals surface area (Å²) in [4.78, 5) is 19.0. The first kappa shape index (κ1) is 21.7. The Morgan fingerprint density at radius 2 is 1.76 bits per heavy atom. The fraction of sp³-hybridized carbons (Fsp3) is 0.222. The number of hydrogen-bond donors (Lipinski definition) is 0. The fourth-order valence-corrected chi connectivity index (χ4v) is 4.04. The average molecular weight is 456 g/mol. The van der Waals surface area contributed by atoms with Crippen molar-refractivity contribution in [2.75, 3.05) is 13.7 Å². The number of likely N-dealkylation sites (tertiary alicyclic amines) is 1. The molecule has 34 heavy (non-hydrogen) atoms. The van der Waals surface area contributed by atoms with Gasteiger partial charge in [-0.2, -0.15) is 4.98 Å². The normalized spacial score (nSPS) is 15.5. The Kier molecular flexibility index (Phi) is 6.25. The van der Waals surface area contributed by atoms with Crippen molar-refractivity contribution >= 4 is 5.91 Å². The standard InChI is InChI=1S/C27H25N3O4/c1-32-24-9-5-8-20(14-24)16-30-17-22(15-25(30)31)27-28-26(29-34-27)21-10-12-23(13-11-21)33-18-19-6-3-2-4-7-19/h2-14,22H,15-18H2,1H3. The number of aromatic nitrogens is 2. The highest BCUT2D eigenvalue weighted by Gasteiger charge is 2.34. The van der Waals surface area contributed by atoms with Gasteiger partial charge in [-0.1, -0.05) is 47.6 Å². The van der Waals surface area contributed by atoms with Crippen LogP contribution >= 0.6 is 0 Å². The lowest BCUT2D eigenvalue weighted by Crippen LogP contribution is -2.24. The van der Waals surface area contributed by atoms with Crippen LogP contribution in [-0.4, -0.2) is 34.6 Å². The van der Waals surface area contributed by atoms with Crippen LogP contribution < -0.4 is 9.47 Å². The van der Waals surface area contributed by atoms with Gasteiger partial charge in [-0.3, -0.25) is 4.79 Å². The van der Waals surface area contributed by atoms with Gasteiger partial charge in [-0.25, -0.2) is 0 Å². The van der Waals surface area contributed by atoms with E-state index in [1.807, 2.05) is 83.8 Å². The minimum Gasteiger partial charge on any atom is -0.497 e. The Morgan fingerprint density at radius 3 is 2.56 bits per heavy atom. The lowest BCUT2D eigenvalue weighted by molar-refractivity contribution is -0.128. The Bertz CT molecular complexity index is 1250. The summed E-state index contributed by atoms with van der Waals surface area (Å²) in [5.74, 6) is 2.49. The molecule has 7 heteroatoms. The van der Waals surface area contributed by atoms with Gasteiger partial charge >= 0.3 is 0 Å². The third-order valence-electron chi connectivity index (χ3n) is 5.87. The van der Waals surface area contributed by atoms with Crippen LogP contribution in [0.2, 0.25) is 0 Å². The minimum atomic E-state index is -0.118. The average Bonchev–Trinajstić information content (AvgIpc) is 3.51. The zero-order valence-corrected chi connectivity index (χ0v) is 18.9. The van der Waals surface area contributed by atoms with Gasteiger partial charge in [0.25, 0.3) is 0 Å². The number of nitrogens with zero attached hydrogens (tertiary/aromatic N) is 3. The summed E-state index contributed by atoms with van der Waals surface area (Å²) in [6.07, 6.45) is 0.359. The largest absolute Gasteiger partial charge is 0.497 e. The zero-order valence-electron chi connectivity index (χ0n) is 18.9. The van der Waals surface area contributed by atoms with E-state index in [1.54, 1.807) is 7.11 Å². The summed E-state index contributed by atoms with van der Waals surface area (Å²) in [6.45, 7) is 1.58. The first-order chi connectivity index (χ1) is 16.7. The molecular weight excluding hydrogens is 430 g/mol. The van der Waals surface area contributed by atoms with Gasteiger partial charge < -0.3 is 18.9 Å². The second-order valence-electron chi connectivity index (χ2n) is 8.28. The number of rotatable bonds is 8. The molecule has 1 unspecified atom stereocenters. The van der Waals surface area contributed by atoms with Crippen molar-refractivity contribution in [3.05, 3.63) is 95.9 Å². The monoisotopic (exact) mass is 455 g/mol.